The van der Waals surface area contributed by atoms with E-state index in [9.17, 15) is 18.3 Å². The van der Waals surface area contributed by atoms with Crippen molar-refractivity contribution in [1.29, 1.82) is 0 Å². The van der Waals surface area contributed by atoms with Crippen molar-refractivity contribution in [1.82, 2.24) is 4.72 Å². The van der Waals surface area contributed by atoms with Crippen LogP contribution in [0.2, 0.25) is 10.0 Å². The van der Waals surface area contributed by atoms with E-state index in [0.717, 1.165) is 0 Å². The minimum absolute atomic E-state index is 0.00312. The van der Waals surface area contributed by atoms with Crippen molar-refractivity contribution in [3.8, 4) is 5.75 Å². The first kappa shape index (κ1) is 21.8. The second kappa shape index (κ2) is 9.66. The van der Waals surface area contributed by atoms with Gasteiger partial charge in [0.15, 0.2) is 0 Å². The molecule has 10 heteroatoms. The molecule has 6 nitrogen and oxygen atoms in total. The third-order valence-corrected chi connectivity index (χ3v) is 6.40. The van der Waals surface area contributed by atoms with Crippen LogP contribution in [0.25, 0.3) is 0 Å². The van der Waals surface area contributed by atoms with E-state index in [-0.39, 0.29) is 32.8 Å². The van der Waals surface area contributed by atoms with Crippen molar-refractivity contribution in [3.05, 3.63) is 52.5 Å². The summed E-state index contributed by atoms with van der Waals surface area (Å²) in [6.07, 6.45) is 2.10. The number of hydrogen-bond donors (Lipinski definition) is 3. The molecule has 1 unspecified atom stereocenters. The minimum Gasteiger partial charge on any atom is -0.506 e. The van der Waals surface area contributed by atoms with Gasteiger partial charge in [-0.05, 0) is 48.8 Å². The molecule has 0 fully saturated rings. The zero-order valence-corrected chi connectivity index (χ0v) is 17.4. The van der Waals surface area contributed by atoms with Gasteiger partial charge in [-0.1, -0.05) is 35.3 Å². The fraction of sp³-hybridized carbons (Fsp3) is 0.235. The third-order valence-electron chi connectivity index (χ3n) is 3.57. The standard InChI is InChI=1S/C17H18Cl2N2O4S2/c1-26-9-8-14(17(23)20-13-4-2-3-5-15(13)22)21-27(24,25)16-10-11(18)6-7-12(16)19/h2-7,10,14,21-22H,8-9H2,1H3,(H,20,23). The molecular weight excluding hydrogens is 431 g/mol. The predicted octanol–water partition coefficient (Wildman–Crippen LogP) is 3.74. The second-order valence-electron chi connectivity index (χ2n) is 5.54. The number of nitrogens with one attached hydrogen (secondary N) is 2. The van der Waals surface area contributed by atoms with Crippen LogP contribution in [0.4, 0.5) is 5.69 Å². The molecule has 0 spiro atoms. The lowest BCUT2D eigenvalue weighted by atomic mass is 10.2. The van der Waals surface area contributed by atoms with Gasteiger partial charge in [-0.2, -0.15) is 16.5 Å². The molecule has 0 bridgehead atoms. The maximum atomic E-state index is 12.7. The first-order chi connectivity index (χ1) is 12.7. The number of phenolic OH excluding ortho intramolecular Hbond substituents is 1. The van der Waals surface area contributed by atoms with Gasteiger partial charge in [0.2, 0.25) is 15.9 Å². The Kier molecular flexibility index (Phi) is 7.81. The summed E-state index contributed by atoms with van der Waals surface area (Å²) in [4.78, 5) is 12.4. The highest BCUT2D eigenvalue weighted by Gasteiger charge is 2.27. The molecule has 1 amide bonds. The van der Waals surface area contributed by atoms with E-state index in [4.69, 9.17) is 23.2 Å². The average Bonchev–Trinajstić information content (AvgIpc) is 2.62. The first-order valence-corrected chi connectivity index (χ1v) is 11.4. The molecule has 2 rings (SSSR count). The summed E-state index contributed by atoms with van der Waals surface area (Å²) in [7, 11) is -4.09. The number of carbonyl (C=O) groups is 1. The molecule has 2 aromatic carbocycles. The van der Waals surface area contributed by atoms with Crippen molar-refractivity contribution < 1.29 is 18.3 Å². The number of sulfonamides is 1. The van der Waals surface area contributed by atoms with Crippen LogP contribution >= 0.6 is 35.0 Å². The van der Waals surface area contributed by atoms with Crippen molar-refractivity contribution >= 4 is 56.6 Å². The van der Waals surface area contributed by atoms with Crippen LogP contribution in [-0.4, -0.2) is 37.5 Å². The molecule has 3 N–H and O–H groups in total. The Morgan fingerprint density at radius 1 is 1.22 bits per heavy atom. The molecule has 0 radical (unpaired) electrons. The summed E-state index contributed by atoms with van der Waals surface area (Å²) >= 11 is 13.3. The third kappa shape index (κ3) is 6.02. The fourth-order valence-electron chi connectivity index (χ4n) is 2.21. The lowest BCUT2D eigenvalue weighted by Crippen LogP contribution is -2.44. The monoisotopic (exact) mass is 448 g/mol. The molecule has 0 heterocycles. The number of aromatic hydroxyl groups is 1. The van der Waals surface area contributed by atoms with Crippen LogP contribution < -0.4 is 10.0 Å². The molecule has 2 aromatic rings. The molecule has 0 aliphatic heterocycles. The van der Waals surface area contributed by atoms with E-state index < -0.39 is 22.0 Å². The number of benzene rings is 2. The number of carbonyl (C=O) groups excluding carboxylic acids is 1. The van der Waals surface area contributed by atoms with E-state index in [1.165, 1.54) is 42.1 Å². The summed E-state index contributed by atoms with van der Waals surface area (Å²) in [5.41, 5.74) is 0.191. The zero-order chi connectivity index (χ0) is 20.0. The summed E-state index contributed by atoms with van der Waals surface area (Å²) in [6, 6.07) is 9.19. The molecule has 0 aliphatic rings. The molecule has 146 valence electrons. The number of halogens is 2. The Hall–Kier alpha value is -1.45. The molecule has 0 aliphatic carbocycles. The van der Waals surface area contributed by atoms with Crippen molar-refractivity contribution in [3.63, 3.8) is 0 Å². The predicted molar refractivity (Wildman–Crippen MR) is 110 cm³/mol. The quantitative estimate of drug-likeness (QED) is 0.534. The molecule has 0 aromatic heterocycles. The van der Waals surface area contributed by atoms with E-state index in [0.29, 0.717) is 5.75 Å². The Morgan fingerprint density at radius 3 is 2.59 bits per heavy atom. The number of thioether (sulfide) groups is 1. The number of para-hydroxylation sites is 2. The Balaban J connectivity index is 2.26. The number of hydrogen-bond acceptors (Lipinski definition) is 5. The van der Waals surface area contributed by atoms with E-state index in [1.807, 2.05) is 6.26 Å². The van der Waals surface area contributed by atoms with Gasteiger partial charge in [-0.15, -0.1) is 0 Å². The van der Waals surface area contributed by atoms with Gasteiger partial charge in [0.1, 0.15) is 16.7 Å². The maximum Gasteiger partial charge on any atom is 0.242 e. The topological polar surface area (TPSA) is 95.5 Å². The highest BCUT2D eigenvalue weighted by Crippen LogP contribution is 2.26. The molecule has 0 saturated heterocycles. The van der Waals surface area contributed by atoms with Gasteiger partial charge < -0.3 is 10.4 Å². The lowest BCUT2D eigenvalue weighted by molar-refractivity contribution is -0.117. The first-order valence-electron chi connectivity index (χ1n) is 7.80. The van der Waals surface area contributed by atoms with Crippen LogP contribution in [0.5, 0.6) is 5.75 Å². The molecular formula is C17H18Cl2N2O4S2. The van der Waals surface area contributed by atoms with E-state index in [1.54, 1.807) is 12.1 Å². The molecule has 27 heavy (non-hydrogen) atoms. The van der Waals surface area contributed by atoms with Crippen molar-refractivity contribution in [2.24, 2.45) is 0 Å². The van der Waals surface area contributed by atoms with Gasteiger partial charge in [0.05, 0.1) is 10.7 Å². The van der Waals surface area contributed by atoms with Gasteiger partial charge in [0.25, 0.3) is 0 Å². The van der Waals surface area contributed by atoms with Crippen LogP contribution in [0.15, 0.2) is 47.4 Å². The van der Waals surface area contributed by atoms with Crippen molar-refractivity contribution in [2.75, 3.05) is 17.3 Å². The second-order valence-corrected chi connectivity index (χ2v) is 9.05. The number of phenols is 1. The summed E-state index contributed by atoms with van der Waals surface area (Å²) in [5, 5.41) is 12.5. The van der Waals surface area contributed by atoms with Gasteiger partial charge in [0, 0.05) is 5.02 Å². The highest BCUT2D eigenvalue weighted by atomic mass is 35.5. The van der Waals surface area contributed by atoms with Crippen LogP contribution in [0.1, 0.15) is 6.42 Å². The highest BCUT2D eigenvalue weighted by molar-refractivity contribution is 7.98. The minimum atomic E-state index is -4.09. The zero-order valence-electron chi connectivity index (χ0n) is 14.3. The van der Waals surface area contributed by atoms with Crippen LogP contribution in [-0.2, 0) is 14.8 Å². The molecule has 0 saturated carbocycles. The number of rotatable bonds is 8. The average molecular weight is 449 g/mol. The normalized spacial score (nSPS) is 12.6. The Morgan fingerprint density at radius 2 is 1.93 bits per heavy atom. The lowest BCUT2D eigenvalue weighted by Gasteiger charge is -2.19. The van der Waals surface area contributed by atoms with Gasteiger partial charge in [-0.25, -0.2) is 8.42 Å². The van der Waals surface area contributed by atoms with Gasteiger partial charge in [-0.3, -0.25) is 4.79 Å². The van der Waals surface area contributed by atoms with E-state index in [2.05, 4.69) is 10.0 Å². The summed E-state index contributed by atoms with van der Waals surface area (Å²) < 4.78 is 27.8. The maximum absolute atomic E-state index is 12.7. The SMILES string of the molecule is CSCCC(NS(=O)(=O)c1cc(Cl)ccc1Cl)C(=O)Nc1ccccc1O. The van der Waals surface area contributed by atoms with Gasteiger partial charge >= 0.3 is 0 Å². The number of anilines is 1. The Labute approximate surface area is 172 Å². The van der Waals surface area contributed by atoms with Crippen molar-refractivity contribution in [2.45, 2.75) is 17.4 Å². The van der Waals surface area contributed by atoms with E-state index >= 15 is 0 Å². The molecule has 1 atom stereocenters. The fourth-order valence-corrected chi connectivity index (χ4v) is 4.68. The largest absolute Gasteiger partial charge is 0.506 e. The summed E-state index contributed by atoms with van der Waals surface area (Å²) in [5.74, 6) is -0.160. The smallest absolute Gasteiger partial charge is 0.242 e. The van der Waals surface area contributed by atoms with Crippen LogP contribution in [0.3, 0.4) is 0 Å². The Bertz CT molecular complexity index is 923. The summed E-state index contributed by atoms with van der Waals surface area (Å²) in [6.45, 7) is 0. The van der Waals surface area contributed by atoms with Crippen LogP contribution in [0, 0.1) is 0 Å². The number of amides is 1.